The zero-order valence-electron chi connectivity index (χ0n) is 16.2. The summed E-state index contributed by atoms with van der Waals surface area (Å²) in [6.45, 7) is 11.9. The minimum Gasteiger partial charge on any atom is -0.442 e. The van der Waals surface area contributed by atoms with Crippen molar-refractivity contribution < 1.29 is 14.3 Å². The van der Waals surface area contributed by atoms with Crippen LogP contribution in [0.1, 0.15) is 20.8 Å². The van der Waals surface area contributed by atoms with E-state index in [-0.39, 0.29) is 11.8 Å². The fourth-order valence-corrected chi connectivity index (χ4v) is 2.39. The molecule has 10 heteroatoms. The number of nitrogens with two attached hydrogens (primary N) is 1. The first kappa shape index (κ1) is 20.4. The number of carbonyl (C=O) groups excluding carboxylic acids is 2. The third kappa shape index (κ3) is 5.81. The second-order valence-corrected chi connectivity index (χ2v) is 7.23. The molecule has 0 spiro atoms. The summed E-state index contributed by atoms with van der Waals surface area (Å²) in [6, 6.07) is 1.66. The van der Waals surface area contributed by atoms with Crippen molar-refractivity contribution in [2.45, 2.75) is 26.4 Å². The predicted octanol–water partition coefficient (Wildman–Crippen LogP) is 1.09. The van der Waals surface area contributed by atoms with Crippen LogP contribution in [0.15, 0.2) is 18.7 Å². The Morgan fingerprint density at radius 1 is 1.30 bits per heavy atom. The molecule has 0 radical (unpaired) electrons. The molecule has 10 nitrogen and oxygen atoms in total. The van der Waals surface area contributed by atoms with Crippen LogP contribution in [-0.2, 0) is 9.53 Å². The lowest BCUT2D eigenvalue weighted by Gasteiger charge is -2.33. The lowest BCUT2D eigenvalue weighted by Crippen LogP contribution is -2.45. The van der Waals surface area contributed by atoms with Gasteiger partial charge in [-0.1, -0.05) is 6.58 Å². The van der Waals surface area contributed by atoms with E-state index in [1.807, 2.05) is 0 Å². The molecule has 1 aromatic rings. The van der Waals surface area contributed by atoms with Crippen molar-refractivity contribution >= 4 is 29.6 Å². The summed E-state index contributed by atoms with van der Waals surface area (Å²) >= 11 is 0. The van der Waals surface area contributed by atoms with E-state index < -0.39 is 17.6 Å². The Hall–Kier alpha value is -2.88. The molecule has 0 saturated carbocycles. The molecule has 1 aliphatic heterocycles. The third-order valence-electron chi connectivity index (χ3n) is 3.74. The van der Waals surface area contributed by atoms with Gasteiger partial charge in [0, 0.05) is 32.2 Å². The molecule has 1 aromatic heterocycles. The first-order valence-corrected chi connectivity index (χ1v) is 8.63. The number of ether oxygens (including phenoxy) is 1. The van der Waals surface area contributed by atoms with Crippen molar-refractivity contribution in [1.29, 1.82) is 0 Å². The molecular weight excluding hydrogens is 350 g/mol. The largest absolute Gasteiger partial charge is 0.442 e. The van der Waals surface area contributed by atoms with E-state index >= 15 is 0 Å². The van der Waals surface area contributed by atoms with Gasteiger partial charge < -0.3 is 20.3 Å². The van der Waals surface area contributed by atoms with Crippen LogP contribution in [-0.4, -0.2) is 70.7 Å². The number of nitrogens with one attached hydrogen (secondary N) is 1. The number of imide groups is 1. The molecule has 2 heterocycles. The number of likely N-dealkylation sites (N-methyl/N-ethyl adjacent to an activating group) is 1. The van der Waals surface area contributed by atoms with Gasteiger partial charge in [0.2, 0.25) is 5.95 Å². The summed E-state index contributed by atoms with van der Waals surface area (Å²) in [5.41, 5.74) is 7.69. The number of carbonyl (C=O) groups is 2. The summed E-state index contributed by atoms with van der Waals surface area (Å²) in [7, 11) is 2.05. The maximum Gasteiger partial charge on any atom is 0.436 e. The quantitative estimate of drug-likeness (QED) is 0.587. The number of amides is 2. The summed E-state index contributed by atoms with van der Waals surface area (Å²) in [4.78, 5) is 37.2. The number of rotatable bonds is 4. The van der Waals surface area contributed by atoms with E-state index in [0.29, 0.717) is 10.8 Å². The molecule has 0 unspecified atom stereocenters. The fourth-order valence-electron chi connectivity index (χ4n) is 2.39. The Labute approximate surface area is 158 Å². The van der Waals surface area contributed by atoms with Crippen molar-refractivity contribution in [1.82, 2.24) is 19.9 Å². The molecule has 1 fully saturated rings. The van der Waals surface area contributed by atoms with Crippen LogP contribution in [0.5, 0.6) is 0 Å². The smallest absolute Gasteiger partial charge is 0.436 e. The number of nitrogens with zero attached hydrogens (tertiary/aromatic N) is 5. The van der Waals surface area contributed by atoms with Gasteiger partial charge in [-0.3, -0.25) is 10.2 Å². The number of piperazine rings is 1. The average molecular weight is 377 g/mol. The average Bonchev–Trinajstić information content (AvgIpc) is 2.57. The molecular formula is C17H27N7O3. The molecule has 3 N–H and O–H groups in total. The molecule has 0 aliphatic carbocycles. The fraction of sp³-hybridized carbons (Fsp3) is 0.529. The Morgan fingerprint density at radius 2 is 1.93 bits per heavy atom. The highest BCUT2D eigenvalue weighted by Gasteiger charge is 2.27. The number of hydrazine groups is 1. The van der Waals surface area contributed by atoms with E-state index in [1.165, 1.54) is 0 Å². The van der Waals surface area contributed by atoms with Crippen LogP contribution in [0.25, 0.3) is 0 Å². The topological polar surface area (TPSA) is 117 Å². The van der Waals surface area contributed by atoms with Gasteiger partial charge in [0.15, 0.2) is 0 Å². The van der Waals surface area contributed by atoms with Gasteiger partial charge in [-0.15, -0.1) is 5.01 Å². The van der Waals surface area contributed by atoms with Crippen LogP contribution in [0.4, 0.5) is 22.4 Å². The van der Waals surface area contributed by atoms with Crippen molar-refractivity contribution in [3.63, 3.8) is 0 Å². The lowest BCUT2D eigenvalue weighted by molar-refractivity contribution is -0.124. The number of anilines is 3. The van der Waals surface area contributed by atoms with E-state index in [4.69, 9.17) is 10.5 Å². The molecule has 148 valence electrons. The van der Waals surface area contributed by atoms with Gasteiger partial charge in [0.25, 0.3) is 5.91 Å². The highest BCUT2D eigenvalue weighted by atomic mass is 16.6. The second-order valence-electron chi connectivity index (χ2n) is 7.23. The van der Waals surface area contributed by atoms with Gasteiger partial charge in [0.1, 0.15) is 17.2 Å². The number of aromatic nitrogens is 2. The SMILES string of the molecule is C=CC(=O)N(Nc1nc(N)cc(N2CCN(C)CC2)n1)C(=O)OC(C)(C)C. The molecule has 2 amide bonds. The van der Waals surface area contributed by atoms with E-state index in [2.05, 4.69) is 38.8 Å². The zero-order valence-corrected chi connectivity index (χ0v) is 16.2. The number of hydrogen-bond donors (Lipinski definition) is 2. The lowest BCUT2D eigenvalue weighted by atomic mass is 10.2. The van der Waals surface area contributed by atoms with E-state index in [0.717, 1.165) is 32.3 Å². The van der Waals surface area contributed by atoms with Gasteiger partial charge >= 0.3 is 6.09 Å². The summed E-state index contributed by atoms with van der Waals surface area (Å²) in [6.07, 6.45) is 0.101. The van der Waals surface area contributed by atoms with Gasteiger partial charge in [-0.05, 0) is 33.9 Å². The standard InChI is InChI=1S/C17H27N7O3/c1-6-14(25)24(16(26)27-17(2,3)4)21-15-19-12(18)11-13(20-15)23-9-7-22(5)8-10-23/h6,11H,1,7-10H2,2-5H3,(H3,18,19,20,21). The van der Waals surface area contributed by atoms with Crippen molar-refractivity contribution in [3.8, 4) is 0 Å². The van der Waals surface area contributed by atoms with Crippen LogP contribution in [0.2, 0.25) is 0 Å². The minimum atomic E-state index is -0.889. The van der Waals surface area contributed by atoms with Crippen molar-refractivity contribution in [2.75, 3.05) is 49.3 Å². The van der Waals surface area contributed by atoms with Gasteiger partial charge in [-0.25, -0.2) is 4.79 Å². The Morgan fingerprint density at radius 3 is 2.48 bits per heavy atom. The van der Waals surface area contributed by atoms with Crippen LogP contribution in [0.3, 0.4) is 0 Å². The maximum absolute atomic E-state index is 12.3. The zero-order chi connectivity index (χ0) is 20.2. The Balaban J connectivity index is 2.23. The molecule has 0 bridgehead atoms. The highest BCUT2D eigenvalue weighted by Crippen LogP contribution is 2.19. The molecule has 2 rings (SSSR count). The van der Waals surface area contributed by atoms with Crippen molar-refractivity contribution in [3.05, 3.63) is 18.7 Å². The van der Waals surface area contributed by atoms with Gasteiger partial charge in [-0.2, -0.15) is 9.97 Å². The van der Waals surface area contributed by atoms with Crippen LogP contribution < -0.4 is 16.1 Å². The van der Waals surface area contributed by atoms with E-state index in [9.17, 15) is 9.59 Å². The number of hydrogen-bond acceptors (Lipinski definition) is 9. The summed E-state index contributed by atoms with van der Waals surface area (Å²) < 4.78 is 5.24. The van der Waals surface area contributed by atoms with Crippen LogP contribution >= 0.6 is 0 Å². The first-order chi connectivity index (χ1) is 12.6. The summed E-state index contributed by atoms with van der Waals surface area (Å²) in [5, 5.41) is 0.667. The predicted molar refractivity (Wildman–Crippen MR) is 103 cm³/mol. The minimum absolute atomic E-state index is 0.0185. The maximum atomic E-state index is 12.3. The van der Waals surface area contributed by atoms with Crippen LogP contribution in [0, 0.1) is 0 Å². The molecule has 1 aliphatic rings. The first-order valence-electron chi connectivity index (χ1n) is 8.63. The third-order valence-corrected chi connectivity index (χ3v) is 3.74. The molecule has 0 atom stereocenters. The molecule has 0 aromatic carbocycles. The second kappa shape index (κ2) is 8.21. The normalized spacial score (nSPS) is 15.2. The molecule has 1 saturated heterocycles. The molecule has 27 heavy (non-hydrogen) atoms. The summed E-state index contributed by atoms with van der Waals surface area (Å²) in [5.74, 6) is 0.159. The van der Waals surface area contributed by atoms with E-state index in [1.54, 1.807) is 26.8 Å². The monoisotopic (exact) mass is 377 g/mol. The van der Waals surface area contributed by atoms with Crippen molar-refractivity contribution in [2.24, 2.45) is 0 Å². The highest BCUT2D eigenvalue weighted by molar-refractivity contribution is 5.99. The van der Waals surface area contributed by atoms with Gasteiger partial charge in [0.05, 0.1) is 0 Å². The number of nitrogen functional groups attached to an aromatic ring is 1. The Kier molecular flexibility index (Phi) is 6.21. The Bertz CT molecular complexity index is 709.